The first-order valence-corrected chi connectivity index (χ1v) is 13.6. The maximum atomic E-state index is 15.3. The Labute approximate surface area is 244 Å². The average molecular weight is 596 g/mol. The molecule has 5 rings (SSSR count). The van der Waals surface area contributed by atoms with Crippen LogP contribution in [0.15, 0.2) is 66.9 Å². The van der Waals surface area contributed by atoms with Gasteiger partial charge in [0.1, 0.15) is 17.7 Å². The van der Waals surface area contributed by atoms with Crippen molar-refractivity contribution in [2.45, 2.75) is 56.2 Å². The van der Waals surface area contributed by atoms with E-state index in [1.807, 2.05) is 6.07 Å². The maximum absolute atomic E-state index is 15.3. The lowest BCUT2D eigenvalue weighted by Gasteiger charge is -2.38. The summed E-state index contributed by atoms with van der Waals surface area (Å²) in [6, 6.07) is 13.5. The molecule has 3 amide bonds. The summed E-state index contributed by atoms with van der Waals surface area (Å²) in [4.78, 5) is 47.3. The summed E-state index contributed by atoms with van der Waals surface area (Å²) in [7, 11) is 0. The number of halogens is 4. The number of pyridine rings is 1. The molecule has 2 aromatic carbocycles. The Balaban J connectivity index is 1.53. The number of anilines is 2. The van der Waals surface area contributed by atoms with Crippen LogP contribution in [-0.2, 0) is 14.4 Å². The summed E-state index contributed by atoms with van der Waals surface area (Å²) in [5.41, 5.74) is 0.221. The van der Waals surface area contributed by atoms with Crippen LogP contribution in [0, 0.1) is 17.1 Å². The molecule has 42 heavy (non-hydrogen) atoms. The third kappa shape index (κ3) is 5.94. The van der Waals surface area contributed by atoms with Gasteiger partial charge in [-0.1, -0.05) is 41.9 Å². The fourth-order valence-electron chi connectivity index (χ4n) is 5.37. The molecule has 8 nitrogen and oxygen atoms in total. The molecule has 12 heteroatoms. The number of benzene rings is 2. The third-order valence-corrected chi connectivity index (χ3v) is 7.72. The first-order chi connectivity index (χ1) is 20.1. The van der Waals surface area contributed by atoms with Crippen LogP contribution in [0.5, 0.6) is 0 Å². The van der Waals surface area contributed by atoms with Crippen LogP contribution in [0.4, 0.5) is 24.7 Å². The summed E-state index contributed by atoms with van der Waals surface area (Å²) >= 11 is 6.47. The number of hydrogen-bond acceptors (Lipinski definition) is 5. The van der Waals surface area contributed by atoms with Gasteiger partial charge in [0.15, 0.2) is 0 Å². The molecule has 2 fully saturated rings. The van der Waals surface area contributed by atoms with Gasteiger partial charge in [0.2, 0.25) is 17.7 Å². The second-order valence-electron chi connectivity index (χ2n) is 10.3. The number of alkyl halides is 2. The van der Waals surface area contributed by atoms with Gasteiger partial charge in [0.25, 0.3) is 5.92 Å². The smallest absolute Gasteiger partial charge is 0.252 e. The zero-order chi connectivity index (χ0) is 30.0. The van der Waals surface area contributed by atoms with Crippen molar-refractivity contribution in [3.05, 3.63) is 88.8 Å². The molecule has 0 radical (unpaired) electrons. The topological polar surface area (TPSA) is 106 Å². The Kier molecular flexibility index (Phi) is 8.18. The molecular formula is C30H25ClF3N5O3. The van der Waals surface area contributed by atoms with Crippen molar-refractivity contribution in [1.82, 2.24) is 10.3 Å². The minimum absolute atomic E-state index is 0.112. The van der Waals surface area contributed by atoms with E-state index in [4.69, 9.17) is 11.6 Å². The number of nitrogens with zero attached hydrogens (tertiary/aromatic N) is 4. The minimum atomic E-state index is -2.91. The second kappa shape index (κ2) is 11.8. The first kappa shape index (κ1) is 29.1. The fourth-order valence-corrected chi connectivity index (χ4v) is 5.61. The van der Waals surface area contributed by atoms with E-state index in [2.05, 4.69) is 10.3 Å². The quantitative estimate of drug-likeness (QED) is 0.379. The van der Waals surface area contributed by atoms with Gasteiger partial charge in [0.05, 0.1) is 17.3 Å². The molecule has 1 saturated carbocycles. The normalized spacial score (nSPS) is 18.6. The van der Waals surface area contributed by atoms with Crippen LogP contribution in [0.3, 0.4) is 0 Å². The lowest BCUT2D eigenvalue weighted by molar-refractivity contribution is -0.133. The molecule has 3 aromatic rings. The molecule has 1 N–H and O–H groups in total. The van der Waals surface area contributed by atoms with Crippen molar-refractivity contribution >= 4 is 40.8 Å². The van der Waals surface area contributed by atoms with E-state index < -0.39 is 54.5 Å². The van der Waals surface area contributed by atoms with Crippen molar-refractivity contribution < 1.29 is 27.6 Å². The largest absolute Gasteiger partial charge is 0.351 e. The van der Waals surface area contributed by atoms with Gasteiger partial charge in [-0.15, -0.1) is 0 Å². The predicted molar refractivity (Wildman–Crippen MR) is 148 cm³/mol. The van der Waals surface area contributed by atoms with Crippen LogP contribution < -0.4 is 15.1 Å². The highest BCUT2D eigenvalue weighted by Gasteiger charge is 2.47. The molecule has 1 aliphatic carbocycles. The molecule has 216 valence electrons. The SMILES string of the molecule is N#Cc1ccnc(N2C(=O)CC[C@H]2CC(=O)N(c2ccccc2F)[C@H](C(=O)NC2CC(F)(F)C2)c2ccccc2Cl)c1. The van der Waals surface area contributed by atoms with E-state index in [0.29, 0.717) is 0 Å². The van der Waals surface area contributed by atoms with Gasteiger partial charge in [-0.25, -0.2) is 18.2 Å². The van der Waals surface area contributed by atoms with Crippen molar-refractivity contribution in [2.75, 3.05) is 9.80 Å². The lowest BCUT2D eigenvalue weighted by atomic mass is 9.87. The number of carbonyl (C=O) groups is 3. The van der Waals surface area contributed by atoms with E-state index in [-0.39, 0.29) is 52.8 Å². The van der Waals surface area contributed by atoms with Gasteiger partial charge in [-0.05, 0) is 36.8 Å². The van der Waals surface area contributed by atoms with Crippen LogP contribution in [0.25, 0.3) is 0 Å². The summed E-state index contributed by atoms with van der Waals surface area (Å²) in [5.74, 6) is -5.33. The van der Waals surface area contributed by atoms with Crippen molar-refractivity contribution in [1.29, 1.82) is 5.26 Å². The number of para-hydroxylation sites is 1. The number of nitriles is 1. The molecule has 0 unspecified atom stereocenters. The van der Waals surface area contributed by atoms with Gasteiger partial charge in [-0.3, -0.25) is 24.2 Å². The second-order valence-corrected chi connectivity index (χ2v) is 10.7. The van der Waals surface area contributed by atoms with Crippen LogP contribution in [0.2, 0.25) is 5.02 Å². The highest BCUT2D eigenvalue weighted by atomic mass is 35.5. The fraction of sp³-hybridized carbons (Fsp3) is 0.300. The Morgan fingerprint density at radius 3 is 2.57 bits per heavy atom. The van der Waals surface area contributed by atoms with E-state index in [1.165, 1.54) is 53.6 Å². The Morgan fingerprint density at radius 1 is 1.17 bits per heavy atom. The molecule has 1 aromatic heterocycles. The van der Waals surface area contributed by atoms with Crippen molar-refractivity contribution in [3.63, 3.8) is 0 Å². The van der Waals surface area contributed by atoms with Crippen LogP contribution in [-0.4, -0.2) is 40.7 Å². The molecular weight excluding hydrogens is 571 g/mol. The van der Waals surface area contributed by atoms with Gasteiger partial charge >= 0.3 is 0 Å². The Morgan fingerprint density at radius 2 is 1.88 bits per heavy atom. The monoisotopic (exact) mass is 595 g/mol. The number of hydrogen-bond donors (Lipinski definition) is 1. The molecule has 1 saturated heterocycles. The molecule has 0 spiro atoms. The molecule has 1 aliphatic heterocycles. The van der Waals surface area contributed by atoms with E-state index in [0.717, 1.165) is 11.0 Å². The summed E-state index contributed by atoms with van der Waals surface area (Å²) < 4.78 is 42.5. The van der Waals surface area contributed by atoms with E-state index >= 15 is 4.39 Å². The van der Waals surface area contributed by atoms with Crippen molar-refractivity contribution in [3.8, 4) is 6.07 Å². The van der Waals surface area contributed by atoms with Gasteiger partial charge in [0, 0.05) is 54.5 Å². The summed E-state index contributed by atoms with van der Waals surface area (Å²) in [5, 5.41) is 12.0. The lowest BCUT2D eigenvalue weighted by Crippen LogP contribution is -2.54. The molecule has 2 heterocycles. The zero-order valence-corrected chi connectivity index (χ0v) is 22.9. The number of amides is 3. The average Bonchev–Trinajstić information content (AvgIpc) is 3.31. The number of nitrogens with one attached hydrogen (secondary N) is 1. The van der Waals surface area contributed by atoms with Gasteiger partial charge < -0.3 is 5.32 Å². The minimum Gasteiger partial charge on any atom is -0.351 e. The Bertz CT molecular complexity index is 1570. The third-order valence-electron chi connectivity index (χ3n) is 7.38. The zero-order valence-electron chi connectivity index (χ0n) is 22.1. The van der Waals surface area contributed by atoms with Crippen molar-refractivity contribution in [2.24, 2.45) is 0 Å². The van der Waals surface area contributed by atoms with Crippen LogP contribution in [0.1, 0.15) is 49.3 Å². The Hall–Kier alpha value is -4.43. The first-order valence-electron chi connectivity index (χ1n) is 13.3. The highest BCUT2D eigenvalue weighted by molar-refractivity contribution is 6.31. The number of rotatable bonds is 8. The van der Waals surface area contributed by atoms with E-state index in [1.54, 1.807) is 12.1 Å². The molecule has 0 bridgehead atoms. The predicted octanol–water partition coefficient (Wildman–Crippen LogP) is 5.32. The number of carbonyl (C=O) groups excluding carboxylic acids is 3. The standard InChI is InChI=1S/C30H25ClF3N5O3/c31-22-6-2-1-5-21(22)28(29(42)37-19-15-30(33,34)16-19)39(24-8-4-3-7-23(24)32)27(41)14-20-9-10-26(40)38(20)25-13-18(17-35)11-12-36-25/h1-8,11-13,19-20,28H,9-10,14-16H2,(H,37,42)/t20-,28-/m0/s1. The maximum Gasteiger partial charge on any atom is 0.252 e. The highest BCUT2D eigenvalue weighted by Crippen LogP contribution is 2.39. The summed E-state index contributed by atoms with van der Waals surface area (Å²) in [6.45, 7) is 0. The summed E-state index contributed by atoms with van der Waals surface area (Å²) in [6.07, 6.45) is 0.319. The van der Waals surface area contributed by atoms with Gasteiger partial charge in [-0.2, -0.15) is 5.26 Å². The molecule has 2 aliphatic rings. The molecule has 2 atom stereocenters. The van der Waals surface area contributed by atoms with E-state index in [9.17, 15) is 28.4 Å². The van der Waals surface area contributed by atoms with Crippen LogP contribution >= 0.6 is 11.6 Å². The number of aromatic nitrogens is 1.